The Balaban J connectivity index is 0.000000126. The quantitative estimate of drug-likeness (QED) is 0.156. The lowest BCUT2D eigenvalue weighted by atomic mass is 10.2. The molecular formula is C48H45ClN10O. The molecule has 0 fully saturated rings. The number of fused-ring (bicyclic) bond motifs is 5. The first kappa shape index (κ1) is 42.5. The Morgan fingerprint density at radius 3 is 1.22 bits per heavy atom. The zero-order valence-electron chi connectivity index (χ0n) is 34.9. The van der Waals surface area contributed by atoms with Gasteiger partial charge in [-0.15, -0.1) is 0 Å². The van der Waals surface area contributed by atoms with Crippen LogP contribution in [0, 0.1) is 48.5 Å². The first-order valence-electron chi connectivity index (χ1n) is 19.2. The number of rotatable bonds is 1. The molecule has 5 aromatic heterocycles. The lowest BCUT2D eigenvalue weighted by molar-refractivity contribution is 0.415. The van der Waals surface area contributed by atoms with Crippen LogP contribution in [0.2, 0.25) is 5.02 Å². The van der Waals surface area contributed by atoms with Crippen LogP contribution in [-0.4, -0.2) is 56.9 Å². The number of benzene rings is 5. The number of hydrogen-bond donors (Lipinski definition) is 0. The van der Waals surface area contributed by atoms with E-state index in [4.69, 9.17) is 16.3 Å². The fourth-order valence-corrected chi connectivity index (χ4v) is 5.93. The summed E-state index contributed by atoms with van der Waals surface area (Å²) in [7, 11) is 1.64. The van der Waals surface area contributed by atoms with Gasteiger partial charge < -0.3 is 4.74 Å². The first-order chi connectivity index (χ1) is 28.9. The van der Waals surface area contributed by atoms with Crippen LogP contribution in [0.15, 0.2) is 128 Å². The molecule has 0 spiro atoms. The Labute approximate surface area is 354 Å². The Bertz CT molecular complexity index is 2850. The van der Waals surface area contributed by atoms with Gasteiger partial charge in [-0.05, 0) is 126 Å². The van der Waals surface area contributed by atoms with Gasteiger partial charge in [0.2, 0.25) is 0 Å². The van der Waals surface area contributed by atoms with Crippen molar-refractivity contribution in [3.63, 3.8) is 0 Å². The zero-order chi connectivity index (χ0) is 42.6. The van der Waals surface area contributed by atoms with Gasteiger partial charge in [0.05, 0.1) is 90.7 Å². The summed E-state index contributed by atoms with van der Waals surface area (Å²) in [6.07, 6.45) is 8.87. The minimum absolute atomic E-state index is 0.697. The van der Waals surface area contributed by atoms with Crippen molar-refractivity contribution in [3.8, 4) is 5.75 Å². The van der Waals surface area contributed by atoms with Crippen molar-refractivity contribution in [1.29, 1.82) is 0 Å². The number of ether oxygens (including phenoxy) is 1. The molecule has 0 saturated heterocycles. The smallest absolute Gasteiger partial charge is 0.121 e. The van der Waals surface area contributed by atoms with Gasteiger partial charge in [-0.3, -0.25) is 24.9 Å². The topological polar surface area (TPSA) is 138 Å². The fourth-order valence-electron chi connectivity index (χ4n) is 5.76. The van der Waals surface area contributed by atoms with Crippen LogP contribution in [0.1, 0.15) is 39.6 Å². The van der Waals surface area contributed by atoms with Crippen molar-refractivity contribution in [2.45, 2.75) is 48.5 Å². The third-order valence-electron chi connectivity index (χ3n) is 8.70. The highest BCUT2D eigenvalue weighted by molar-refractivity contribution is 6.31. The molecule has 60 heavy (non-hydrogen) atoms. The van der Waals surface area contributed by atoms with Gasteiger partial charge in [0.25, 0.3) is 0 Å². The molecular weight excluding hydrogens is 768 g/mol. The number of methoxy groups -OCH3 is 1. The van der Waals surface area contributed by atoms with E-state index in [-0.39, 0.29) is 0 Å². The summed E-state index contributed by atoms with van der Waals surface area (Å²) in [5.74, 6) is 0.812. The molecule has 0 aliphatic carbocycles. The highest BCUT2D eigenvalue weighted by Crippen LogP contribution is 2.18. The molecule has 0 radical (unpaired) electrons. The Hall–Kier alpha value is -7.11. The molecule has 12 heteroatoms. The van der Waals surface area contributed by atoms with Crippen molar-refractivity contribution in [2.24, 2.45) is 0 Å². The maximum absolute atomic E-state index is 5.80. The normalized spacial score (nSPS) is 10.4. The average Bonchev–Trinajstić information content (AvgIpc) is 3.24. The van der Waals surface area contributed by atoms with E-state index in [0.29, 0.717) is 5.02 Å². The van der Waals surface area contributed by atoms with Crippen LogP contribution in [-0.2, 0) is 0 Å². The van der Waals surface area contributed by atoms with Crippen molar-refractivity contribution in [3.05, 3.63) is 173 Å². The molecule has 0 amide bonds. The van der Waals surface area contributed by atoms with Crippen molar-refractivity contribution >= 4 is 66.8 Å². The highest BCUT2D eigenvalue weighted by atomic mass is 35.5. The summed E-state index contributed by atoms with van der Waals surface area (Å²) in [4.78, 5) is 42.9. The van der Waals surface area contributed by atoms with Crippen LogP contribution in [0.3, 0.4) is 0 Å². The summed E-state index contributed by atoms with van der Waals surface area (Å²) >= 11 is 5.80. The summed E-state index contributed by atoms with van der Waals surface area (Å²) < 4.78 is 5.09. The number of aromatic nitrogens is 10. The van der Waals surface area contributed by atoms with Gasteiger partial charge in [-0.25, -0.2) is 24.9 Å². The van der Waals surface area contributed by atoms with E-state index >= 15 is 0 Å². The first-order valence-corrected chi connectivity index (χ1v) is 19.5. The van der Waals surface area contributed by atoms with Crippen LogP contribution in [0.4, 0.5) is 0 Å². The van der Waals surface area contributed by atoms with Crippen molar-refractivity contribution in [1.82, 2.24) is 49.8 Å². The lowest BCUT2D eigenvalue weighted by Crippen LogP contribution is -1.88. The highest BCUT2D eigenvalue weighted by Gasteiger charge is 2.00. The molecule has 0 aliphatic rings. The Morgan fingerprint density at radius 2 is 0.700 bits per heavy atom. The second-order valence-electron chi connectivity index (χ2n) is 14.0. The summed E-state index contributed by atoms with van der Waals surface area (Å²) in [5.41, 5.74) is 16.5. The Morgan fingerprint density at radius 1 is 0.350 bits per heavy atom. The van der Waals surface area contributed by atoms with E-state index in [1.54, 1.807) is 38.1 Å². The predicted octanol–water partition coefficient (Wildman–Crippen LogP) is 11.0. The van der Waals surface area contributed by atoms with Crippen LogP contribution < -0.4 is 4.74 Å². The minimum atomic E-state index is 0.697. The average molecular weight is 813 g/mol. The maximum atomic E-state index is 5.80. The summed E-state index contributed by atoms with van der Waals surface area (Å²) in [6, 6.07) is 31.2. The number of para-hydroxylation sites is 2. The summed E-state index contributed by atoms with van der Waals surface area (Å²) in [5, 5.41) is 0.697. The molecule has 0 N–H and O–H groups in total. The molecule has 5 heterocycles. The van der Waals surface area contributed by atoms with E-state index in [2.05, 4.69) is 75.8 Å². The molecule has 5 aromatic carbocycles. The molecule has 0 bridgehead atoms. The molecule has 300 valence electrons. The van der Waals surface area contributed by atoms with E-state index in [1.165, 1.54) is 11.1 Å². The second kappa shape index (κ2) is 20.0. The van der Waals surface area contributed by atoms with Crippen LogP contribution in [0.5, 0.6) is 5.75 Å². The SMILES string of the molecule is COc1ccc2ncc(C)nc2c1.Cc1ccc2nc(C)cnc2c1.Cc1ccc2ncc(C)nc2c1.Cc1cnc2ccc(Cl)cc2n1.Cc1cnc2ccccc2n1. The predicted molar refractivity (Wildman–Crippen MR) is 242 cm³/mol. The van der Waals surface area contributed by atoms with Crippen LogP contribution >= 0.6 is 11.6 Å². The van der Waals surface area contributed by atoms with E-state index < -0.39 is 0 Å². The minimum Gasteiger partial charge on any atom is -0.497 e. The third-order valence-corrected chi connectivity index (χ3v) is 8.94. The zero-order valence-corrected chi connectivity index (χ0v) is 35.6. The van der Waals surface area contributed by atoms with E-state index in [1.807, 2.05) is 120 Å². The largest absolute Gasteiger partial charge is 0.497 e. The number of hydrogen-bond acceptors (Lipinski definition) is 11. The summed E-state index contributed by atoms with van der Waals surface area (Å²) in [6.45, 7) is 13.8. The van der Waals surface area contributed by atoms with Crippen LogP contribution in [0.25, 0.3) is 55.2 Å². The molecule has 0 saturated carbocycles. The standard InChI is InChI=1S/C10H10N2O.2C10H10N2.C9H7ClN2.C9H8N2/c1-7-6-11-9-4-3-8(13-2)5-10(9)12-7;1-7-3-4-9-10(5-7)11-6-8(2)12-9;1-7-3-4-9-10(5-7)12-8(2)6-11-9;1-6-5-11-8-3-2-7(10)4-9(8)12-6;1-7-6-10-8-4-2-3-5-9(8)11-7/h3-6H,1-2H3;2*3-6H,1-2H3;2-5H,1H3;2-6H,1H3. The van der Waals surface area contributed by atoms with Gasteiger partial charge in [-0.1, -0.05) is 35.9 Å². The van der Waals surface area contributed by atoms with Crippen molar-refractivity contribution in [2.75, 3.05) is 7.11 Å². The van der Waals surface area contributed by atoms with Crippen molar-refractivity contribution < 1.29 is 4.74 Å². The molecule has 0 unspecified atom stereocenters. The van der Waals surface area contributed by atoms with Gasteiger partial charge >= 0.3 is 0 Å². The lowest BCUT2D eigenvalue weighted by Gasteiger charge is -2.01. The van der Waals surface area contributed by atoms with Gasteiger partial charge in [0.15, 0.2) is 0 Å². The van der Waals surface area contributed by atoms with Gasteiger partial charge in [0, 0.05) is 42.1 Å². The third kappa shape index (κ3) is 12.0. The fraction of sp³-hybridized carbons (Fsp3) is 0.167. The number of nitrogens with zero attached hydrogens (tertiary/aromatic N) is 10. The number of aryl methyl sites for hydroxylation is 7. The van der Waals surface area contributed by atoms with E-state index in [0.717, 1.165) is 89.4 Å². The Kier molecular flexibility index (Phi) is 14.2. The molecule has 0 aliphatic heterocycles. The maximum Gasteiger partial charge on any atom is 0.121 e. The molecule has 0 atom stereocenters. The number of halogens is 1. The monoisotopic (exact) mass is 812 g/mol. The van der Waals surface area contributed by atoms with Gasteiger partial charge in [0.1, 0.15) is 5.75 Å². The second-order valence-corrected chi connectivity index (χ2v) is 14.5. The van der Waals surface area contributed by atoms with Gasteiger partial charge in [-0.2, -0.15) is 0 Å². The van der Waals surface area contributed by atoms with E-state index in [9.17, 15) is 0 Å². The molecule has 11 nitrogen and oxygen atoms in total. The molecule has 10 aromatic rings. The molecule has 10 rings (SSSR count).